The quantitative estimate of drug-likeness (QED) is 0.605. The molecule has 1 N–H and O–H groups in total. The monoisotopic (exact) mass is 266 g/mol. The number of hydrogen-bond donors (Lipinski definition) is 1. The Balaban J connectivity index is 2.37. The van der Waals surface area contributed by atoms with Crippen molar-refractivity contribution in [2.75, 3.05) is 6.54 Å². The van der Waals surface area contributed by atoms with Crippen molar-refractivity contribution in [3.05, 3.63) is 0 Å². The number of nitrogens with zero attached hydrogens (tertiary/aromatic N) is 1. The van der Waals surface area contributed by atoms with E-state index >= 15 is 0 Å². The van der Waals surface area contributed by atoms with Crippen molar-refractivity contribution in [3.8, 4) is 0 Å². The van der Waals surface area contributed by atoms with Gasteiger partial charge in [-0.2, -0.15) is 13.2 Å². The molecule has 1 saturated heterocycles. The summed E-state index contributed by atoms with van der Waals surface area (Å²) in [6, 6.07) is -0.889. The molecule has 18 heavy (non-hydrogen) atoms. The summed E-state index contributed by atoms with van der Waals surface area (Å²) in [6.07, 6.45) is -5.13. The normalized spacial score (nSPS) is 21.2. The molecular weight excluding hydrogens is 249 g/mol. The lowest BCUT2D eigenvalue weighted by Crippen LogP contribution is -2.42. The average molecular weight is 266 g/mol. The van der Waals surface area contributed by atoms with E-state index in [1.165, 1.54) is 0 Å². The van der Waals surface area contributed by atoms with Crippen LogP contribution in [0.25, 0.3) is 0 Å². The zero-order chi connectivity index (χ0) is 13.9. The predicted octanol–water partition coefficient (Wildman–Crippen LogP) is 1.45. The largest absolute Gasteiger partial charge is 0.389 e. The number of carbonyl (C=O) groups excluding carboxylic acids is 2. The maximum atomic E-state index is 11.9. The smallest absolute Gasteiger partial charge is 0.305 e. The third kappa shape index (κ3) is 3.97. The second-order valence-corrected chi connectivity index (χ2v) is 4.63. The first-order valence-corrected chi connectivity index (χ1v) is 5.88. The number of rotatable bonds is 5. The van der Waals surface area contributed by atoms with Crippen molar-refractivity contribution in [1.82, 2.24) is 10.2 Å². The average Bonchev–Trinajstić information content (AvgIpc) is 2.47. The highest BCUT2D eigenvalue weighted by atomic mass is 19.4. The highest BCUT2D eigenvalue weighted by molar-refractivity contribution is 6.05. The zero-order valence-electron chi connectivity index (χ0n) is 10.4. The predicted molar refractivity (Wildman–Crippen MR) is 58.7 cm³/mol. The van der Waals surface area contributed by atoms with Gasteiger partial charge in [-0.15, -0.1) is 0 Å². The van der Waals surface area contributed by atoms with Crippen LogP contribution < -0.4 is 5.32 Å². The molecule has 0 saturated carbocycles. The zero-order valence-corrected chi connectivity index (χ0v) is 10.4. The summed E-state index contributed by atoms with van der Waals surface area (Å²) in [5, 5.41) is 2.71. The molecule has 1 unspecified atom stereocenters. The van der Waals surface area contributed by atoms with Crippen LogP contribution in [0.2, 0.25) is 0 Å². The van der Waals surface area contributed by atoms with Gasteiger partial charge < -0.3 is 5.32 Å². The molecule has 1 aliphatic rings. The molecule has 0 radical (unpaired) electrons. The second-order valence-electron chi connectivity index (χ2n) is 4.63. The number of hydrogen-bond acceptors (Lipinski definition) is 3. The molecule has 0 aromatic rings. The van der Waals surface area contributed by atoms with Gasteiger partial charge in [-0.1, -0.05) is 0 Å². The Labute approximate surface area is 104 Å². The summed E-state index contributed by atoms with van der Waals surface area (Å²) < 4.78 is 35.7. The summed E-state index contributed by atoms with van der Waals surface area (Å²) in [5.74, 6) is -0.620. The van der Waals surface area contributed by atoms with E-state index in [1.54, 1.807) is 13.8 Å². The van der Waals surface area contributed by atoms with Crippen molar-refractivity contribution in [3.63, 3.8) is 0 Å². The second kappa shape index (κ2) is 5.69. The van der Waals surface area contributed by atoms with Gasteiger partial charge in [0.05, 0.1) is 12.5 Å². The van der Waals surface area contributed by atoms with E-state index < -0.39 is 18.6 Å². The first-order chi connectivity index (χ1) is 8.22. The van der Waals surface area contributed by atoms with Crippen molar-refractivity contribution < 1.29 is 22.8 Å². The van der Waals surface area contributed by atoms with Crippen molar-refractivity contribution >= 4 is 11.8 Å². The molecule has 104 valence electrons. The van der Waals surface area contributed by atoms with Gasteiger partial charge in [-0.05, 0) is 26.8 Å². The number of carbonyl (C=O) groups is 2. The van der Waals surface area contributed by atoms with Crippen molar-refractivity contribution in [1.29, 1.82) is 0 Å². The Hall–Kier alpha value is -1.11. The van der Waals surface area contributed by atoms with Crippen LogP contribution in [-0.2, 0) is 9.59 Å². The molecule has 2 amide bonds. The fourth-order valence-corrected chi connectivity index (χ4v) is 1.92. The maximum Gasteiger partial charge on any atom is 0.389 e. The minimum Gasteiger partial charge on any atom is -0.305 e. The molecule has 1 fully saturated rings. The lowest BCUT2D eigenvalue weighted by molar-refractivity contribution is -0.140. The van der Waals surface area contributed by atoms with Gasteiger partial charge in [0.15, 0.2) is 0 Å². The number of imide groups is 1. The van der Waals surface area contributed by atoms with Crippen LogP contribution in [0.3, 0.4) is 0 Å². The fourth-order valence-electron chi connectivity index (χ4n) is 1.92. The Morgan fingerprint density at radius 2 is 2.00 bits per heavy atom. The van der Waals surface area contributed by atoms with Crippen LogP contribution in [0.1, 0.15) is 33.1 Å². The van der Waals surface area contributed by atoms with Crippen molar-refractivity contribution in [2.45, 2.75) is 51.4 Å². The Kier molecular flexibility index (Phi) is 4.72. The van der Waals surface area contributed by atoms with Crippen LogP contribution in [0.4, 0.5) is 13.2 Å². The van der Waals surface area contributed by atoms with Gasteiger partial charge in [0, 0.05) is 12.5 Å². The molecule has 7 heteroatoms. The van der Waals surface area contributed by atoms with Gasteiger partial charge in [0.2, 0.25) is 11.8 Å². The van der Waals surface area contributed by atoms with Crippen LogP contribution in [-0.4, -0.2) is 41.5 Å². The summed E-state index contributed by atoms with van der Waals surface area (Å²) >= 11 is 0. The number of halogens is 3. The third-order valence-electron chi connectivity index (χ3n) is 2.73. The molecule has 0 aromatic carbocycles. The van der Waals surface area contributed by atoms with E-state index in [0.29, 0.717) is 0 Å². The summed E-state index contributed by atoms with van der Waals surface area (Å²) in [5.41, 5.74) is 0. The van der Waals surface area contributed by atoms with E-state index in [1.807, 2.05) is 0 Å². The van der Waals surface area contributed by atoms with E-state index in [4.69, 9.17) is 0 Å². The molecule has 1 heterocycles. The summed E-state index contributed by atoms with van der Waals surface area (Å²) in [4.78, 5) is 24.4. The molecule has 0 aliphatic carbocycles. The minimum atomic E-state index is -4.18. The van der Waals surface area contributed by atoms with Crippen molar-refractivity contribution in [2.24, 2.45) is 0 Å². The van der Waals surface area contributed by atoms with E-state index in [2.05, 4.69) is 5.32 Å². The summed E-state index contributed by atoms with van der Waals surface area (Å²) in [7, 11) is 0. The fraction of sp³-hybridized carbons (Fsp3) is 0.818. The lowest BCUT2D eigenvalue weighted by atomic mass is 10.2. The standard InChI is InChI=1S/C11H17F3N2O2/c1-7(2)16-9(17)6-8(10(16)18)15-5-3-4-11(12,13)14/h7-8,15H,3-6H2,1-2H3. The van der Waals surface area contributed by atoms with Gasteiger partial charge in [-0.25, -0.2) is 0 Å². The topological polar surface area (TPSA) is 49.4 Å². The molecule has 1 aliphatic heterocycles. The van der Waals surface area contributed by atoms with Crippen LogP contribution >= 0.6 is 0 Å². The Morgan fingerprint density at radius 1 is 1.39 bits per heavy atom. The lowest BCUT2D eigenvalue weighted by Gasteiger charge is -2.19. The Morgan fingerprint density at radius 3 is 2.44 bits per heavy atom. The van der Waals surface area contributed by atoms with E-state index in [-0.39, 0.29) is 37.2 Å². The van der Waals surface area contributed by atoms with Crippen LogP contribution in [0, 0.1) is 0 Å². The van der Waals surface area contributed by atoms with Gasteiger partial charge in [0.1, 0.15) is 0 Å². The molecule has 1 rings (SSSR count). The number of nitrogens with one attached hydrogen (secondary N) is 1. The van der Waals surface area contributed by atoms with Crippen LogP contribution in [0.5, 0.6) is 0 Å². The molecule has 4 nitrogen and oxygen atoms in total. The molecule has 1 atom stereocenters. The first-order valence-electron chi connectivity index (χ1n) is 5.88. The molecule has 0 bridgehead atoms. The highest BCUT2D eigenvalue weighted by Gasteiger charge is 2.39. The molecule has 0 spiro atoms. The SMILES string of the molecule is CC(C)N1C(=O)CC(NCCCC(F)(F)F)C1=O. The number of alkyl halides is 3. The van der Waals surface area contributed by atoms with Gasteiger partial charge in [0.25, 0.3) is 0 Å². The van der Waals surface area contributed by atoms with Gasteiger partial charge >= 0.3 is 6.18 Å². The minimum absolute atomic E-state index is 0.0308. The van der Waals surface area contributed by atoms with E-state index in [0.717, 1.165) is 4.90 Å². The molecular formula is C11H17F3N2O2. The summed E-state index contributed by atoms with van der Waals surface area (Å²) in [6.45, 7) is 3.53. The molecule has 0 aromatic heterocycles. The number of amides is 2. The third-order valence-corrected chi connectivity index (χ3v) is 2.73. The maximum absolute atomic E-state index is 11.9. The van der Waals surface area contributed by atoms with Crippen LogP contribution in [0.15, 0.2) is 0 Å². The number of likely N-dealkylation sites (tertiary alicyclic amines) is 1. The first kappa shape index (κ1) is 14.9. The van der Waals surface area contributed by atoms with Gasteiger partial charge in [-0.3, -0.25) is 14.5 Å². The van der Waals surface area contributed by atoms with E-state index in [9.17, 15) is 22.8 Å². The Bertz CT molecular complexity index is 329. The highest BCUT2D eigenvalue weighted by Crippen LogP contribution is 2.21.